The Kier molecular flexibility index (Phi) is 7.56. The van der Waals surface area contributed by atoms with Crippen molar-refractivity contribution in [1.82, 2.24) is 10.6 Å². The third-order valence-corrected chi connectivity index (χ3v) is 3.65. The zero-order valence-corrected chi connectivity index (χ0v) is 11.8. The Hall–Kier alpha value is -1.08. The van der Waals surface area contributed by atoms with Gasteiger partial charge < -0.3 is 21.1 Å². The molecule has 17 heavy (non-hydrogen) atoms. The summed E-state index contributed by atoms with van der Waals surface area (Å²) in [5.41, 5.74) is 5.22. The van der Waals surface area contributed by atoms with Crippen LogP contribution in [0.25, 0.3) is 0 Å². The maximum absolute atomic E-state index is 11.2. The Morgan fingerprint density at radius 1 is 1.24 bits per heavy atom. The van der Waals surface area contributed by atoms with E-state index in [0.29, 0.717) is 19.7 Å². The van der Waals surface area contributed by atoms with Gasteiger partial charge in [-0.2, -0.15) is 0 Å². The van der Waals surface area contributed by atoms with Gasteiger partial charge >= 0.3 is 6.09 Å². The van der Waals surface area contributed by atoms with Crippen molar-refractivity contribution in [2.75, 3.05) is 26.2 Å². The summed E-state index contributed by atoms with van der Waals surface area (Å²) in [5.74, 6) is -0.266. The van der Waals surface area contributed by atoms with Crippen LogP contribution in [0.3, 0.4) is 0 Å². The zero-order valence-electron chi connectivity index (χ0n) is 10.8. The van der Waals surface area contributed by atoms with Crippen molar-refractivity contribution in [3.05, 3.63) is 0 Å². The Labute approximate surface area is 103 Å². The zero-order chi connectivity index (χ0) is 13.3. The second-order valence-electron chi connectivity index (χ2n) is 4.94. The number of amides is 2. The highest BCUT2D eigenvalue weighted by Gasteiger charge is 2.13. The Morgan fingerprint density at radius 2 is 1.88 bits per heavy atom. The van der Waals surface area contributed by atoms with Gasteiger partial charge in [0.25, 0.3) is 0 Å². The number of hydrogen-bond acceptors (Lipinski definition) is 4. The van der Waals surface area contributed by atoms with Crippen LogP contribution in [-0.4, -0.2) is 46.3 Å². The van der Waals surface area contributed by atoms with Crippen molar-refractivity contribution in [3.8, 4) is 0 Å². The third-order valence-electron chi connectivity index (χ3n) is 1.95. The summed E-state index contributed by atoms with van der Waals surface area (Å²) in [6.07, 6.45) is -0.550. The average molecular weight is 261 g/mol. The lowest BCUT2D eigenvalue weighted by Crippen LogP contribution is -2.39. The monoisotopic (exact) mass is 261 g/mol. The molecule has 2 amide bonds. The topological polar surface area (TPSA) is 93.4 Å². The summed E-state index contributed by atoms with van der Waals surface area (Å²) >= 11 is 0. The van der Waals surface area contributed by atoms with Crippen LogP contribution < -0.4 is 16.4 Å². The van der Waals surface area contributed by atoms with Gasteiger partial charge in [0, 0.05) is 21.2 Å². The highest BCUT2D eigenvalue weighted by Crippen LogP contribution is 2.07. The molecule has 0 unspecified atom stereocenters. The second kappa shape index (κ2) is 8.07. The van der Waals surface area contributed by atoms with Crippen LogP contribution in [0, 0.1) is 0 Å². The molecule has 0 aromatic carbocycles. The minimum absolute atomic E-state index is 0.0776. The molecule has 0 rings (SSSR count). The van der Waals surface area contributed by atoms with Crippen molar-refractivity contribution < 1.29 is 14.3 Å². The predicted molar refractivity (Wildman–Crippen MR) is 69.6 cm³/mol. The molecule has 0 saturated carbocycles. The van der Waals surface area contributed by atoms with Crippen LogP contribution in [0.2, 0.25) is 25.7 Å². The minimum Gasteiger partial charge on any atom is -0.450 e. The Bertz CT molecular complexity index is 254. The highest BCUT2D eigenvalue weighted by molar-refractivity contribution is 6.76. The molecular weight excluding hydrogens is 238 g/mol. The summed E-state index contributed by atoms with van der Waals surface area (Å²) in [5, 5.41) is 4.92. The molecule has 7 heteroatoms. The van der Waals surface area contributed by atoms with Gasteiger partial charge in [0.1, 0.15) is 0 Å². The molecule has 0 aromatic heterocycles. The number of nitrogens with one attached hydrogen (secondary N) is 2. The maximum atomic E-state index is 11.2. The highest BCUT2D eigenvalue weighted by atomic mass is 28.3. The number of hydrogen-bond donors (Lipinski definition) is 3. The summed E-state index contributed by atoms with van der Waals surface area (Å²) in [7, 11) is -1.18. The van der Waals surface area contributed by atoms with E-state index in [1.807, 2.05) is 0 Å². The van der Waals surface area contributed by atoms with Gasteiger partial charge in [0.15, 0.2) is 0 Å². The minimum atomic E-state index is -1.18. The molecule has 0 atom stereocenters. The lowest BCUT2D eigenvalue weighted by atomic mass is 10.5. The van der Waals surface area contributed by atoms with Gasteiger partial charge in [-0.15, -0.1) is 0 Å². The molecule has 0 heterocycles. The van der Waals surface area contributed by atoms with E-state index >= 15 is 0 Å². The number of rotatable bonds is 7. The number of nitrogens with two attached hydrogens (primary N) is 1. The molecule has 0 radical (unpaired) electrons. The van der Waals surface area contributed by atoms with E-state index in [-0.39, 0.29) is 12.5 Å². The fraction of sp³-hybridized carbons (Fsp3) is 0.800. The van der Waals surface area contributed by atoms with Crippen molar-refractivity contribution in [2.24, 2.45) is 5.73 Å². The molecule has 0 spiro atoms. The first-order chi connectivity index (χ1) is 7.85. The largest absolute Gasteiger partial charge is 0.450 e. The molecule has 6 nitrogen and oxygen atoms in total. The summed E-state index contributed by atoms with van der Waals surface area (Å²) in [6.45, 7) is 7.73. The molecule has 0 saturated heterocycles. The summed E-state index contributed by atoms with van der Waals surface area (Å²) in [6, 6.07) is 0.916. The molecule has 0 aliphatic rings. The first kappa shape index (κ1) is 15.9. The SMILES string of the molecule is C[Si](C)(C)CCOC(=O)NCC(=O)NCCN. The molecule has 100 valence electrons. The van der Waals surface area contributed by atoms with E-state index in [0.717, 1.165) is 6.04 Å². The van der Waals surface area contributed by atoms with Crippen LogP contribution >= 0.6 is 0 Å². The molecule has 0 bridgehead atoms. The number of carbonyl (C=O) groups is 2. The third kappa shape index (κ3) is 11.2. The first-order valence-electron chi connectivity index (χ1n) is 5.72. The maximum Gasteiger partial charge on any atom is 0.407 e. The van der Waals surface area contributed by atoms with E-state index in [1.54, 1.807) is 0 Å². The lowest BCUT2D eigenvalue weighted by Gasteiger charge is -2.15. The fourth-order valence-corrected chi connectivity index (χ4v) is 1.64. The van der Waals surface area contributed by atoms with Gasteiger partial charge in [-0.3, -0.25) is 4.79 Å². The van der Waals surface area contributed by atoms with Crippen molar-refractivity contribution in [2.45, 2.75) is 25.7 Å². The standard InChI is InChI=1S/C10H23N3O3Si/c1-17(2,3)7-6-16-10(15)13-8-9(14)12-5-4-11/h4-8,11H2,1-3H3,(H,12,14)(H,13,15). The smallest absolute Gasteiger partial charge is 0.407 e. The second-order valence-corrected chi connectivity index (χ2v) is 10.6. The lowest BCUT2D eigenvalue weighted by molar-refractivity contribution is -0.120. The van der Waals surface area contributed by atoms with E-state index < -0.39 is 14.2 Å². The molecule has 4 N–H and O–H groups in total. The van der Waals surface area contributed by atoms with Crippen LogP contribution in [0.4, 0.5) is 4.79 Å². The number of alkyl carbamates (subject to hydrolysis) is 1. The van der Waals surface area contributed by atoms with Gasteiger partial charge in [0.05, 0.1) is 13.2 Å². The normalized spacial score (nSPS) is 10.8. The van der Waals surface area contributed by atoms with Crippen LogP contribution in [0.5, 0.6) is 0 Å². The van der Waals surface area contributed by atoms with Crippen LogP contribution in [-0.2, 0) is 9.53 Å². The van der Waals surface area contributed by atoms with E-state index in [9.17, 15) is 9.59 Å². The van der Waals surface area contributed by atoms with Gasteiger partial charge in [0.2, 0.25) is 5.91 Å². The number of carbonyl (C=O) groups excluding carboxylic acids is 2. The average Bonchev–Trinajstić information content (AvgIpc) is 2.21. The molecule has 0 aromatic rings. The van der Waals surface area contributed by atoms with Crippen molar-refractivity contribution >= 4 is 20.1 Å². The van der Waals surface area contributed by atoms with Gasteiger partial charge in [-0.05, 0) is 6.04 Å². The quantitative estimate of drug-likeness (QED) is 0.568. The molecular formula is C10H23N3O3Si. The van der Waals surface area contributed by atoms with E-state index in [1.165, 1.54) is 0 Å². The van der Waals surface area contributed by atoms with Crippen LogP contribution in [0.1, 0.15) is 0 Å². The molecule has 0 aliphatic carbocycles. The summed E-state index contributed by atoms with van der Waals surface area (Å²) in [4.78, 5) is 22.3. The van der Waals surface area contributed by atoms with Crippen molar-refractivity contribution in [3.63, 3.8) is 0 Å². The summed E-state index contributed by atoms with van der Waals surface area (Å²) < 4.78 is 4.95. The van der Waals surface area contributed by atoms with E-state index in [4.69, 9.17) is 10.5 Å². The Balaban J connectivity index is 3.56. The predicted octanol–water partition coefficient (Wildman–Crippen LogP) is 0.126. The molecule has 0 fully saturated rings. The fourth-order valence-electron chi connectivity index (χ4n) is 0.927. The van der Waals surface area contributed by atoms with Gasteiger partial charge in [-0.1, -0.05) is 19.6 Å². The van der Waals surface area contributed by atoms with E-state index in [2.05, 4.69) is 30.3 Å². The molecule has 0 aliphatic heterocycles. The Morgan fingerprint density at radius 3 is 2.41 bits per heavy atom. The van der Waals surface area contributed by atoms with Gasteiger partial charge in [-0.25, -0.2) is 4.79 Å². The van der Waals surface area contributed by atoms with Crippen molar-refractivity contribution in [1.29, 1.82) is 0 Å². The number of ether oxygens (including phenoxy) is 1. The van der Waals surface area contributed by atoms with Crippen LogP contribution in [0.15, 0.2) is 0 Å². The first-order valence-corrected chi connectivity index (χ1v) is 9.43.